The summed E-state index contributed by atoms with van der Waals surface area (Å²) in [6.07, 6.45) is 5.04. The number of rotatable bonds is 12. The molecule has 3 atom stereocenters. The van der Waals surface area contributed by atoms with E-state index in [1.54, 1.807) is 13.0 Å². The van der Waals surface area contributed by atoms with E-state index in [1.165, 1.54) is 0 Å². The first kappa shape index (κ1) is 27.7. The number of hydrogen-bond acceptors (Lipinski definition) is 5. The van der Waals surface area contributed by atoms with Gasteiger partial charge < -0.3 is 16.4 Å². The van der Waals surface area contributed by atoms with Crippen molar-refractivity contribution in [1.82, 2.24) is 15.6 Å². The summed E-state index contributed by atoms with van der Waals surface area (Å²) < 4.78 is 0. The molecule has 1 fully saturated rings. The molecular formula is C28H37ClN4O3. The Labute approximate surface area is 218 Å². The Morgan fingerprint density at radius 3 is 2.75 bits per heavy atom. The van der Waals surface area contributed by atoms with Crippen LogP contribution in [0.5, 0.6) is 0 Å². The van der Waals surface area contributed by atoms with Crippen molar-refractivity contribution in [2.45, 2.75) is 64.8 Å². The van der Waals surface area contributed by atoms with E-state index in [4.69, 9.17) is 17.3 Å². The van der Waals surface area contributed by atoms with Gasteiger partial charge >= 0.3 is 0 Å². The van der Waals surface area contributed by atoms with Crippen LogP contribution in [0.15, 0.2) is 36.4 Å². The fourth-order valence-electron chi connectivity index (χ4n) is 4.80. The third-order valence-corrected chi connectivity index (χ3v) is 7.19. The highest BCUT2D eigenvalue weighted by Crippen LogP contribution is 2.33. The molecule has 2 amide bonds. The lowest BCUT2D eigenvalue weighted by atomic mass is 9.95. The molecule has 8 heteroatoms. The number of carbonyl (C=O) groups is 3. The number of carbonyl (C=O) groups excluding carboxylic acids is 3. The number of alkyl halides is 1. The number of aryl methyl sites for hydroxylation is 2. The summed E-state index contributed by atoms with van der Waals surface area (Å²) in [6, 6.07) is 10.8. The van der Waals surface area contributed by atoms with Crippen LogP contribution in [-0.4, -0.2) is 41.0 Å². The molecule has 1 saturated carbocycles. The number of hydrogen-bond donors (Lipinski definition) is 3. The molecule has 194 valence electrons. The van der Waals surface area contributed by atoms with E-state index in [-0.39, 0.29) is 23.5 Å². The minimum absolute atomic E-state index is 0.00950. The summed E-state index contributed by atoms with van der Waals surface area (Å²) in [6.45, 7) is 4.20. The van der Waals surface area contributed by atoms with Crippen molar-refractivity contribution in [1.29, 1.82) is 0 Å². The molecule has 0 bridgehead atoms. The fourth-order valence-corrected chi connectivity index (χ4v) is 4.94. The molecule has 0 unspecified atom stereocenters. The Balaban J connectivity index is 1.45. The zero-order valence-electron chi connectivity index (χ0n) is 21.2. The van der Waals surface area contributed by atoms with Crippen LogP contribution < -0.4 is 16.4 Å². The second-order valence-electron chi connectivity index (χ2n) is 9.76. The molecule has 36 heavy (non-hydrogen) atoms. The van der Waals surface area contributed by atoms with Crippen LogP contribution in [0.3, 0.4) is 0 Å². The van der Waals surface area contributed by atoms with Gasteiger partial charge in [-0.25, -0.2) is 4.98 Å². The maximum Gasteiger partial charge on any atom is 0.251 e. The zero-order chi connectivity index (χ0) is 26.1. The molecule has 0 spiro atoms. The van der Waals surface area contributed by atoms with E-state index >= 15 is 0 Å². The van der Waals surface area contributed by atoms with Gasteiger partial charge in [0.1, 0.15) is 5.82 Å². The number of amides is 2. The second-order valence-corrected chi connectivity index (χ2v) is 10.1. The van der Waals surface area contributed by atoms with Crippen molar-refractivity contribution in [3.63, 3.8) is 0 Å². The lowest BCUT2D eigenvalue weighted by Crippen LogP contribution is -2.41. The minimum atomic E-state index is -0.521. The summed E-state index contributed by atoms with van der Waals surface area (Å²) >= 11 is 5.67. The van der Waals surface area contributed by atoms with Crippen molar-refractivity contribution < 1.29 is 14.4 Å². The normalized spacial score (nSPS) is 18.0. The number of pyridine rings is 1. The highest BCUT2D eigenvalue weighted by molar-refractivity contribution is 6.17. The van der Waals surface area contributed by atoms with Crippen LogP contribution in [0.25, 0.3) is 0 Å². The monoisotopic (exact) mass is 512 g/mol. The van der Waals surface area contributed by atoms with Gasteiger partial charge in [0, 0.05) is 36.0 Å². The highest BCUT2D eigenvalue weighted by atomic mass is 35.5. The fraction of sp³-hybridized carbons (Fsp3) is 0.500. The number of nitrogens with zero attached hydrogens (tertiary/aromatic N) is 1. The topological polar surface area (TPSA) is 114 Å². The van der Waals surface area contributed by atoms with E-state index in [9.17, 15) is 14.4 Å². The Bertz CT molecular complexity index is 1070. The Kier molecular flexibility index (Phi) is 10.3. The highest BCUT2D eigenvalue weighted by Gasteiger charge is 2.31. The Hall–Kier alpha value is -2.93. The van der Waals surface area contributed by atoms with Crippen LogP contribution in [-0.2, 0) is 22.4 Å². The van der Waals surface area contributed by atoms with Crippen molar-refractivity contribution >= 4 is 35.0 Å². The number of benzene rings is 1. The molecule has 7 nitrogen and oxygen atoms in total. The lowest BCUT2D eigenvalue weighted by Gasteiger charge is -2.17. The number of halogens is 1. The number of nitrogens with two attached hydrogens (primary N) is 1. The first-order chi connectivity index (χ1) is 17.3. The van der Waals surface area contributed by atoms with E-state index < -0.39 is 6.04 Å². The molecule has 1 aliphatic rings. The van der Waals surface area contributed by atoms with E-state index in [0.29, 0.717) is 42.6 Å². The maximum absolute atomic E-state index is 12.8. The van der Waals surface area contributed by atoms with E-state index in [1.807, 2.05) is 37.3 Å². The van der Waals surface area contributed by atoms with Crippen LogP contribution >= 0.6 is 11.6 Å². The number of nitrogen functional groups attached to an aromatic ring is 1. The minimum Gasteiger partial charge on any atom is -0.384 e. The number of anilines is 1. The van der Waals surface area contributed by atoms with Crippen molar-refractivity contribution in [3.05, 3.63) is 58.8 Å². The number of ketones is 1. The van der Waals surface area contributed by atoms with Crippen LogP contribution in [0.2, 0.25) is 0 Å². The Morgan fingerprint density at radius 1 is 1.19 bits per heavy atom. The van der Waals surface area contributed by atoms with Gasteiger partial charge in [0.15, 0.2) is 5.78 Å². The van der Waals surface area contributed by atoms with E-state index in [2.05, 4.69) is 15.6 Å². The number of aromatic nitrogens is 1. The van der Waals surface area contributed by atoms with Gasteiger partial charge in [-0.15, -0.1) is 11.6 Å². The standard InChI is InChI=1S/C28H37ClN4O3/c1-18-22(10-12-26(30)32-18)9-11-25(34)19(2)33-28(36)24-8-7-21(17-24)15-20-5-3-6-23(16-20)27(35)31-14-4-13-29/h3,5-6,10,12,16,19,21,24H,4,7-9,11,13-15,17H2,1-2H3,(H2,30,32)(H,31,35)(H,33,36)/t19-,21-,24+/m0/s1. The summed E-state index contributed by atoms with van der Waals surface area (Å²) in [4.78, 5) is 42.0. The summed E-state index contributed by atoms with van der Waals surface area (Å²) in [5.41, 5.74) is 9.26. The summed E-state index contributed by atoms with van der Waals surface area (Å²) in [5.74, 6) is 1.15. The molecule has 0 radical (unpaired) electrons. The van der Waals surface area contributed by atoms with Gasteiger partial charge in [-0.05, 0) is 87.6 Å². The maximum atomic E-state index is 12.8. The van der Waals surface area contributed by atoms with Crippen LogP contribution in [0, 0.1) is 18.8 Å². The third-order valence-electron chi connectivity index (χ3n) is 6.92. The largest absolute Gasteiger partial charge is 0.384 e. The van der Waals surface area contributed by atoms with Gasteiger partial charge in [-0.2, -0.15) is 0 Å². The van der Waals surface area contributed by atoms with E-state index in [0.717, 1.165) is 48.9 Å². The van der Waals surface area contributed by atoms with Gasteiger partial charge in [-0.3, -0.25) is 14.4 Å². The first-order valence-electron chi connectivity index (χ1n) is 12.7. The second kappa shape index (κ2) is 13.4. The smallest absolute Gasteiger partial charge is 0.251 e. The molecule has 2 aromatic rings. The van der Waals surface area contributed by atoms with Gasteiger partial charge in [0.05, 0.1) is 6.04 Å². The first-order valence-corrected chi connectivity index (χ1v) is 13.3. The molecule has 0 saturated heterocycles. The predicted molar refractivity (Wildman–Crippen MR) is 143 cm³/mol. The van der Waals surface area contributed by atoms with Gasteiger partial charge in [0.2, 0.25) is 5.91 Å². The number of nitrogens with one attached hydrogen (secondary N) is 2. The average molecular weight is 513 g/mol. The average Bonchev–Trinajstić information content (AvgIpc) is 3.32. The molecular weight excluding hydrogens is 476 g/mol. The molecule has 1 aliphatic carbocycles. The molecule has 0 aliphatic heterocycles. The molecule has 4 N–H and O–H groups in total. The summed E-state index contributed by atoms with van der Waals surface area (Å²) in [7, 11) is 0. The quantitative estimate of drug-likeness (QED) is 0.294. The molecule has 3 rings (SSSR count). The molecule has 1 aromatic heterocycles. The third kappa shape index (κ3) is 8.05. The van der Waals surface area contributed by atoms with Crippen molar-refractivity contribution in [2.24, 2.45) is 11.8 Å². The number of Topliss-reactive ketones (excluding diaryl/α,β-unsaturated/α-hetero) is 1. The van der Waals surface area contributed by atoms with Crippen molar-refractivity contribution in [3.8, 4) is 0 Å². The Morgan fingerprint density at radius 2 is 2.00 bits per heavy atom. The molecule has 1 aromatic carbocycles. The van der Waals surface area contributed by atoms with Crippen LogP contribution in [0.1, 0.15) is 66.2 Å². The predicted octanol–water partition coefficient (Wildman–Crippen LogP) is 4.00. The lowest BCUT2D eigenvalue weighted by molar-refractivity contribution is -0.129. The summed E-state index contributed by atoms with van der Waals surface area (Å²) in [5, 5.41) is 5.81. The zero-order valence-corrected chi connectivity index (χ0v) is 21.9. The van der Waals surface area contributed by atoms with Gasteiger partial charge in [-0.1, -0.05) is 18.2 Å². The van der Waals surface area contributed by atoms with Crippen molar-refractivity contribution in [2.75, 3.05) is 18.2 Å². The van der Waals surface area contributed by atoms with Crippen LogP contribution in [0.4, 0.5) is 5.82 Å². The SMILES string of the molecule is Cc1nc(N)ccc1CCC(=O)[C@H](C)NC(=O)[C@@H]1CC[C@@H](Cc2cccc(C(=O)NCCCCl)c2)C1. The molecule has 1 heterocycles. The van der Waals surface area contributed by atoms with Gasteiger partial charge in [0.25, 0.3) is 5.91 Å².